The summed E-state index contributed by atoms with van der Waals surface area (Å²) in [6, 6.07) is 10.00. The van der Waals surface area contributed by atoms with Crippen molar-refractivity contribution in [3.05, 3.63) is 47.2 Å². The highest BCUT2D eigenvalue weighted by molar-refractivity contribution is 5.88. The van der Waals surface area contributed by atoms with Gasteiger partial charge in [0.05, 0.1) is 12.3 Å². The zero-order valence-corrected chi connectivity index (χ0v) is 16.5. The minimum absolute atomic E-state index is 0.219. The lowest BCUT2D eigenvalue weighted by molar-refractivity contribution is 0.0791. The number of aromatic nitrogens is 2. The second-order valence-corrected chi connectivity index (χ2v) is 7.67. The van der Waals surface area contributed by atoms with Gasteiger partial charge in [-0.15, -0.1) is 0 Å². The first-order chi connectivity index (χ1) is 13.0. The fraction of sp³-hybridized carbons (Fsp3) is 0.524. The monoisotopic (exact) mass is 370 g/mol. The molecule has 0 radical (unpaired) electrons. The van der Waals surface area contributed by atoms with E-state index < -0.39 is 0 Å². The molecule has 1 atom stereocenters. The number of anilines is 1. The van der Waals surface area contributed by atoms with Crippen molar-refractivity contribution < 1.29 is 9.53 Å². The summed E-state index contributed by atoms with van der Waals surface area (Å²) >= 11 is 0. The van der Waals surface area contributed by atoms with Crippen LogP contribution in [0.15, 0.2) is 30.3 Å². The molecule has 0 bridgehead atoms. The number of aryl methyl sites for hydroxylation is 1. The third-order valence-electron chi connectivity index (χ3n) is 4.90. The summed E-state index contributed by atoms with van der Waals surface area (Å²) < 4.78 is 7.26. The number of carbonyl (C=O) groups excluding carboxylic acids is 1. The Balaban J connectivity index is 1.58. The van der Waals surface area contributed by atoms with Crippen molar-refractivity contribution >= 4 is 11.8 Å². The van der Waals surface area contributed by atoms with Gasteiger partial charge < -0.3 is 10.1 Å². The Morgan fingerprint density at radius 1 is 1.33 bits per heavy atom. The predicted molar refractivity (Wildman–Crippen MR) is 107 cm³/mol. The molecule has 1 unspecified atom stereocenters. The molecule has 27 heavy (non-hydrogen) atoms. The van der Waals surface area contributed by atoms with Crippen molar-refractivity contribution in [2.24, 2.45) is 13.0 Å². The number of hydrogen-bond acceptors (Lipinski definition) is 3. The molecule has 0 saturated carbocycles. The van der Waals surface area contributed by atoms with Crippen LogP contribution in [0.3, 0.4) is 0 Å². The third kappa shape index (κ3) is 5.32. The van der Waals surface area contributed by atoms with Crippen LogP contribution in [-0.2, 0) is 24.8 Å². The maximum absolute atomic E-state index is 12.4. The molecule has 1 fully saturated rings. The number of rotatable bonds is 6. The lowest BCUT2D eigenvalue weighted by Crippen LogP contribution is -2.29. The average Bonchev–Trinajstić information content (AvgIpc) is 3.02. The zero-order valence-electron chi connectivity index (χ0n) is 16.5. The van der Waals surface area contributed by atoms with Gasteiger partial charge in [-0.2, -0.15) is 5.10 Å². The zero-order chi connectivity index (χ0) is 19.2. The van der Waals surface area contributed by atoms with Gasteiger partial charge in [-0.3, -0.25) is 10.00 Å². The van der Waals surface area contributed by atoms with Gasteiger partial charge in [0.15, 0.2) is 0 Å². The number of ether oxygens (including phenoxy) is 1. The standard InChI is InChI=1S/C21H30N4O2/c1-15(2)11-16-7-4-5-8-17(16)13-22-21(26)23-20-12-19(24-25(20)3)18-9-6-10-27-14-18/h4-5,7-8,12,15,18H,6,9-11,13-14H2,1-3H3,(H2,22,23,26). The summed E-state index contributed by atoms with van der Waals surface area (Å²) in [6.07, 6.45) is 3.14. The van der Waals surface area contributed by atoms with Gasteiger partial charge in [0.1, 0.15) is 5.82 Å². The van der Waals surface area contributed by atoms with E-state index in [9.17, 15) is 4.79 Å². The summed E-state index contributed by atoms with van der Waals surface area (Å²) in [6.45, 7) is 6.45. The highest BCUT2D eigenvalue weighted by Crippen LogP contribution is 2.26. The third-order valence-corrected chi connectivity index (χ3v) is 4.90. The van der Waals surface area contributed by atoms with Crippen LogP contribution in [0.2, 0.25) is 0 Å². The molecule has 2 aromatic rings. The Bertz CT molecular complexity index is 763. The van der Waals surface area contributed by atoms with Gasteiger partial charge in [0.25, 0.3) is 0 Å². The molecule has 146 valence electrons. The summed E-state index contributed by atoms with van der Waals surface area (Å²) in [5.41, 5.74) is 3.43. The van der Waals surface area contributed by atoms with E-state index in [1.165, 1.54) is 5.56 Å². The number of amides is 2. The SMILES string of the molecule is CC(C)Cc1ccccc1CNC(=O)Nc1cc(C2CCCOC2)nn1C. The summed E-state index contributed by atoms with van der Waals surface area (Å²) in [7, 11) is 1.85. The first-order valence-corrected chi connectivity index (χ1v) is 9.76. The van der Waals surface area contributed by atoms with Gasteiger partial charge in [0.2, 0.25) is 0 Å². The highest BCUT2D eigenvalue weighted by Gasteiger charge is 2.20. The first kappa shape index (κ1) is 19.4. The van der Waals surface area contributed by atoms with Crippen molar-refractivity contribution in [3.63, 3.8) is 0 Å². The maximum atomic E-state index is 12.4. The highest BCUT2D eigenvalue weighted by atomic mass is 16.5. The van der Waals surface area contributed by atoms with Crippen LogP contribution in [0.1, 0.15) is 49.4 Å². The molecule has 2 amide bonds. The van der Waals surface area contributed by atoms with Crippen LogP contribution in [0.5, 0.6) is 0 Å². The van der Waals surface area contributed by atoms with Crippen molar-refractivity contribution in [2.75, 3.05) is 18.5 Å². The van der Waals surface area contributed by atoms with E-state index in [2.05, 4.69) is 41.7 Å². The second-order valence-electron chi connectivity index (χ2n) is 7.67. The molecule has 0 aliphatic carbocycles. The van der Waals surface area contributed by atoms with Crippen molar-refractivity contribution in [1.82, 2.24) is 15.1 Å². The Morgan fingerprint density at radius 3 is 2.81 bits per heavy atom. The van der Waals surface area contributed by atoms with Gasteiger partial charge >= 0.3 is 6.03 Å². The second kappa shape index (κ2) is 9.04. The molecule has 3 rings (SSSR count). The van der Waals surface area contributed by atoms with E-state index in [-0.39, 0.29) is 6.03 Å². The lowest BCUT2D eigenvalue weighted by Gasteiger charge is -2.19. The predicted octanol–water partition coefficient (Wildman–Crippen LogP) is 3.83. The molecule has 1 aliphatic heterocycles. The van der Waals surface area contributed by atoms with Gasteiger partial charge in [0, 0.05) is 32.2 Å². The van der Waals surface area contributed by atoms with E-state index >= 15 is 0 Å². The molecule has 1 aromatic heterocycles. The summed E-state index contributed by atoms with van der Waals surface area (Å²) in [4.78, 5) is 12.4. The molecule has 6 nitrogen and oxygen atoms in total. The minimum Gasteiger partial charge on any atom is -0.381 e. The molecular formula is C21H30N4O2. The summed E-state index contributed by atoms with van der Waals surface area (Å²) in [5.74, 6) is 1.59. The Labute approximate surface area is 161 Å². The van der Waals surface area contributed by atoms with Crippen molar-refractivity contribution in [3.8, 4) is 0 Å². The van der Waals surface area contributed by atoms with E-state index in [4.69, 9.17) is 4.74 Å². The van der Waals surface area contributed by atoms with E-state index in [0.29, 0.717) is 30.8 Å². The fourth-order valence-electron chi connectivity index (χ4n) is 3.48. The first-order valence-electron chi connectivity index (χ1n) is 9.76. The fourth-order valence-corrected chi connectivity index (χ4v) is 3.48. The normalized spacial score (nSPS) is 17.1. The molecule has 2 N–H and O–H groups in total. The molecule has 0 spiro atoms. The Hall–Kier alpha value is -2.34. The van der Waals surface area contributed by atoms with Gasteiger partial charge in [-0.1, -0.05) is 38.1 Å². The van der Waals surface area contributed by atoms with Gasteiger partial charge in [-0.25, -0.2) is 4.79 Å². The smallest absolute Gasteiger partial charge is 0.320 e. The van der Waals surface area contributed by atoms with E-state index in [1.807, 2.05) is 25.2 Å². The number of nitrogens with one attached hydrogen (secondary N) is 2. The van der Waals surface area contributed by atoms with Crippen LogP contribution < -0.4 is 10.6 Å². The number of urea groups is 1. The Morgan fingerprint density at radius 2 is 2.11 bits per heavy atom. The van der Waals surface area contributed by atoms with Crippen LogP contribution >= 0.6 is 0 Å². The summed E-state index contributed by atoms with van der Waals surface area (Å²) in [5, 5.41) is 10.4. The van der Waals surface area contributed by atoms with Gasteiger partial charge in [-0.05, 0) is 36.3 Å². The number of benzene rings is 1. The van der Waals surface area contributed by atoms with Crippen molar-refractivity contribution in [2.45, 2.75) is 45.6 Å². The number of carbonyl (C=O) groups is 1. The van der Waals surface area contributed by atoms with Crippen molar-refractivity contribution in [1.29, 1.82) is 0 Å². The van der Waals surface area contributed by atoms with E-state index in [1.54, 1.807) is 4.68 Å². The molecular weight excluding hydrogens is 340 g/mol. The topological polar surface area (TPSA) is 68.2 Å². The van der Waals surface area contributed by atoms with E-state index in [0.717, 1.165) is 37.1 Å². The molecule has 1 aliphatic rings. The molecule has 1 aromatic carbocycles. The van der Waals surface area contributed by atoms with Crippen LogP contribution in [0.4, 0.5) is 10.6 Å². The molecule has 1 saturated heterocycles. The van der Waals surface area contributed by atoms with Crippen LogP contribution in [0, 0.1) is 5.92 Å². The Kier molecular flexibility index (Phi) is 6.50. The number of nitrogens with zero attached hydrogens (tertiary/aromatic N) is 2. The lowest BCUT2D eigenvalue weighted by atomic mass is 9.98. The quantitative estimate of drug-likeness (QED) is 0.812. The molecule has 2 heterocycles. The van der Waals surface area contributed by atoms with Crippen LogP contribution in [0.25, 0.3) is 0 Å². The largest absolute Gasteiger partial charge is 0.381 e. The maximum Gasteiger partial charge on any atom is 0.320 e. The average molecular weight is 370 g/mol. The number of hydrogen-bond donors (Lipinski definition) is 2. The minimum atomic E-state index is -0.219. The molecule has 6 heteroatoms. The van der Waals surface area contributed by atoms with Crippen LogP contribution in [-0.4, -0.2) is 29.0 Å².